The van der Waals surface area contributed by atoms with E-state index in [1.165, 1.54) is 0 Å². The van der Waals surface area contributed by atoms with Gasteiger partial charge in [-0.15, -0.1) is 0 Å². The Morgan fingerprint density at radius 2 is 1.76 bits per heavy atom. The number of aromatic nitrogens is 1. The summed E-state index contributed by atoms with van der Waals surface area (Å²) in [6.45, 7) is 0. The first-order valence-corrected chi connectivity index (χ1v) is 6.83. The van der Waals surface area contributed by atoms with Crippen molar-refractivity contribution in [1.29, 1.82) is 0 Å². The standard InChI is InChI=1S/C13H10BrCl2N/c14-10(8-9-4-1-2-7-17-9)13-11(15)5-3-6-12(13)16/h1-7,10H,8H2. The number of benzene rings is 1. The van der Waals surface area contributed by atoms with Gasteiger partial charge in [-0.3, -0.25) is 4.98 Å². The molecule has 0 spiro atoms. The number of pyridine rings is 1. The lowest BCUT2D eigenvalue weighted by atomic mass is 10.1. The van der Waals surface area contributed by atoms with Crippen LogP contribution in [0.5, 0.6) is 0 Å². The lowest BCUT2D eigenvalue weighted by molar-refractivity contribution is 0.905. The van der Waals surface area contributed by atoms with Gasteiger partial charge >= 0.3 is 0 Å². The number of nitrogens with zero attached hydrogens (tertiary/aromatic N) is 1. The number of rotatable bonds is 3. The van der Waals surface area contributed by atoms with E-state index in [2.05, 4.69) is 20.9 Å². The van der Waals surface area contributed by atoms with Crippen molar-refractivity contribution in [3.8, 4) is 0 Å². The monoisotopic (exact) mass is 329 g/mol. The predicted molar refractivity (Wildman–Crippen MR) is 76.1 cm³/mol. The fourth-order valence-corrected chi connectivity index (χ4v) is 3.36. The van der Waals surface area contributed by atoms with Crippen LogP contribution in [0.25, 0.3) is 0 Å². The molecule has 0 saturated heterocycles. The molecule has 1 unspecified atom stereocenters. The average Bonchev–Trinajstić information content (AvgIpc) is 2.30. The maximum absolute atomic E-state index is 6.16. The third kappa shape index (κ3) is 3.21. The van der Waals surface area contributed by atoms with Crippen LogP contribution in [-0.2, 0) is 6.42 Å². The lowest BCUT2D eigenvalue weighted by Crippen LogP contribution is -1.99. The Labute approximate surface area is 119 Å². The first kappa shape index (κ1) is 12.9. The molecule has 0 bridgehead atoms. The van der Waals surface area contributed by atoms with E-state index in [4.69, 9.17) is 23.2 Å². The molecule has 0 N–H and O–H groups in total. The van der Waals surface area contributed by atoms with Gasteiger partial charge in [0.1, 0.15) is 0 Å². The van der Waals surface area contributed by atoms with Crippen molar-refractivity contribution in [1.82, 2.24) is 4.98 Å². The third-order valence-electron chi connectivity index (χ3n) is 2.43. The zero-order valence-corrected chi connectivity index (χ0v) is 12.0. The van der Waals surface area contributed by atoms with Crippen LogP contribution in [0.1, 0.15) is 16.1 Å². The van der Waals surface area contributed by atoms with Gasteiger partial charge in [-0.1, -0.05) is 51.3 Å². The van der Waals surface area contributed by atoms with Gasteiger partial charge in [-0.2, -0.15) is 0 Å². The van der Waals surface area contributed by atoms with Gasteiger partial charge in [0.2, 0.25) is 0 Å². The molecule has 1 nitrogen and oxygen atoms in total. The van der Waals surface area contributed by atoms with Gasteiger partial charge in [-0.05, 0) is 24.3 Å². The second-order valence-corrected chi connectivity index (χ2v) is 5.55. The van der Waals surface area contributed by atoms with Crippen molar-refractivity contribution in [3.63, 3.8) is 0 Å². The van der Waals surface area contributed by atoms with Crippen molar-refractivity contribution in [2.45, 2.75) is 11.2 Å². The molecule has 2 rings (SSSR count). The lowest BCUT2D eigenvalue weighted by Gasteiger charge is -2.13. The highest BCUT2D eigenvalue weighted by molar-refractivity contribution is 9.09. The molecule has 17 heavy (non-hydrogen) atoms. The minimum Gasteiger partial charge on any atom is -0.261 e. The highest BCUT2D eigenvalue weighted by Gasteiger charge is 2.15. The fraction of sp³-hybridized carbons (Fsp3) is 0.154. The molecule has 2 aromatic rings. The molecule has 1 aromatic heterocycles. The predicted octanol–water partition coefficient (Wildman–Crippen LogP) is 5.07. The summed E-state index contributed by atoms with van der Waals surface area (Å²) >= 11 is 15.9. The second-order valence-electron chi connectivity index (χ2n) is 3.63. The van der Waals surface area contributed by atoms with Gasteiger partial charge in [0.25, 0.3) is 0 Å². The van der Waals surface area contributed by atoms with Gasteiger partial charge in [0, 0.05) is 38.7 Å². The van der Waals surface area contributed by atoms with Crippen molar-refractivity contribution in [2.75, 3.05) is 0 Å². The van der Waals surface area contributed by atoms with E-state index < -0.39 is 0 Å². The summed E-state index contributed by atoms with van der Waals surface area (Å²) in [6.07, 6.45) is 2.54. The Kier molecular flexibility index (Phi) is 4.43. The smallest absolute Gasteiger partial charge is 0.0480 e. The first-order chi connectivity index (χ1) is 8.18. The van der Waals surface area contributed by atoms with E-state index in [0.717, 1.165) is 17.7 Å². The zero-order valence-electron chi connectivity index (χ0n) is 8.91. The quantitative estimate of drug-likeness (QED) is 0.716. The SMILES string of the molecule is Clc1cccc(Cl)c1C(Br)Cc1ccccn1. The molecule has 1 atom stereocenters. The Hall–Kier alpha value is -0.570. The van der Waals surface area contributed by atoms with Crippen molar-refractivity contribution in [2.24, 2.45) is 0 Å². The van der Waals surface area contributed by atoms with Gasteiger partial charge in [0.05, 0.1) is 0 Å². The number of alkyl halides is 1. The van der Waals surface area contributed by atoms with Crippen molar-refractivity contribution in [3.05, 3.63) is 63.9 Å². The Balaban J connectivity index is 2.23. The van der Waals surface area contributed by atoms with Crippen LogP contribution in [-0.4, -0.2) is 4.98 Å². The molecule has 0 radical (unpaired) electrons. The summed E-state index contributed by atoms with van der Waals surface area (Å²) in [5.74, 6) is 0. The molecule has 1 heterocycles. The molecular weight excluding hydrogens is 321 g/mol. The Bertz CT molecular complexity index is 482. The minimum atomic E-state index is 0.0681. The highest BCUT2D eigenvalue weighted by Crippen LogP contribution is 2.36. The largest absolute Gasteiger partial charge is 0.261 e. The molecule has 0 aliphatic rings. The van der Waals surface area contributed by atoms with E-state index in [0.29, 0.717) is 10.0 Å². The molecule has 4 heteroatoms. The van der Waals surface area contributed by atoms with Crippen molar-refractivity contribution >= 4 is 39.1 Å². The Morgan fingerprint density at radius 1 is 1.06 bits per heavy atom. The van der Waals surface area contributed by atoms with Crippen LogP contribution in [0.15, 0.2) is 42.6 Å². The van der Waals surface area contributed by atoms with Crippen LogP contribution in [0.3, 0.4) is 0 Å². The third-order valence-corrected chi connectivity index (χ3v) is 3.87. The molecular formula is C13H10BrCl2N. The summed E-state index contributed by atoms with van der Waals surface area (Å²) in [5, 5.41) is 1.35. The Morgan fingerprint density at radius 3 is 2.35 bits per heavy atom. The van der Waals surface area contributed by atoms with Crippen LogP contribution in [0.4, 0.5) is 0 Å². The molecule has 1 aromatic carbocycles. The maximum atomic E-state index is 6.16. The minimum absolute atomic E-state index is 0.0681. The summed E-state index contributed by atoms with van der Waals surface area (Å²) < 4.78 is 0. The van der Waals surface area contributed by atoms with Crippen LogP contribution in [0.2, 0.25) is 10.0 Å². The van der Waals surface area contributed by atoms with E-state index in [9.17, 15) is 0 Å². The number of hydrogen-bond acceptors (Lipinski definition) is 1. The van der Waals surface area contributed by atoms with E-state index in [1.807, 2.05) is 36.4 Å². The van der Waals surface area contributed by atoms with Crippen LogP contribution in [0, 0.1) is 0 Å². The van der Waals surface area contributed by atoms with E-state index in [1.54, 1.807) is 6.20 Å². The zero-order chi connectivity index (χ0) is 12.3. The van der Waals surface area contributed by atoms with Crippen LogP contribution < -0.4 is 0 Å². The van der Waals surface area contributed by atoms with Gasteiger partial charge in [-0.25, -0.2) is 0 Å². The summed E-state index contributed by atoms with van der Waals surface area (Å²) in [5.41, 5.74) is 1.92. The molecule has 0 amide bonds. The number of halogens is 3. The highest BCUT2D eigenvalue weighted by atomic mass is 79.9. The van der Waals surface area contributed by atoms with Crippen molar-refractivity contribution < 1.29 is 0 Å². The molecule has 0 aliphatic heterocycles. The summed E-state index contributed by atoms with van der Waals surface area (Å²) in [6, 6.07) is 11.4. The molecule has 88 valence electrons. The summed E-state index contributed by atoms with van der Waals surface area (Å²) in [4.78, 5) is 4.36. The van der Waals surface area contributed by atoms with Gasteiger partial charge in [0.15, 0.2) is 0 Å². The normalized spacial score (nSPS) is 12.4. The second kappa shape index (κ2) is 5.85. The molecule has 0 fully saturated rings. The average molecular weight is 331 g/mol. The first-order valence-electron chi connectivity index (χ1n) is 5.16. The topological polar surface area (TPSA) is 12.9 Å². The molecule has 0 saturated carbocycles. The molecule has 0 aliphatic carbocycles. The van der Waals surface area contributed by atoms with Gasteiger partial charge < -0.3 is 0 Å². The van der Waals surface area contributed by atoms with E-state index >= 15 is 0 Å². The number of hydrogen-bond donors (Lipinski definition) is 0. The summed E-state index contributed by atoms with van der Waals surface area (Å²) in [7, 11) is 0. The maximum Gasteiger partial charge on any atom is 0.0480 e. The van der Waals surface area contributed by atoms with Crippen LogP contribution >= 0.6 is 39.1 Å². The van der Waals surface area contributed by atoms with E-state index in [-0.39, 0.29) is 4.83 Å². The fourth-order valence-electron chi connectivity index (χ4n) is 1.61.